The number of hydrogen-bond donors (Lipinski definition) is 2. The Hall–Kier alpha value is -1.02. The first-order valence-electron chi connectivity index (χ1n) is 6.43. The number of phenols is 1. The highest BCUT2D eigenvalue weighted by atomic mass is 16.3. The molecule has 2 N–H and O–H groups in total. The van der Waals surface area contributed by atoms with Gasteiger partial charge in [-0.25, -0.2) is 0 Å². The van der Waals surface area contributed by atoms with Gasteiger partial charge in [0.2, 0.25) is 0 Å². The SMILES string of the molecule is Cc1c2c(cc(O)c1C(C)(C)CO)CCCC2. The zero-order valence-corrected chi connectivity index (χ0v) is 11.0. The van der Waals surface area contributed by atoms with E-state index in [2.05, 4.69) is 6.92 Å². The average Bonchev–Trinajstić information content (AvgIpc) is 2.28. The van der Waals surface area contributed by atoms with Crippen molar-refractivity contribution >= 4 is 0 Å². The Morgan fingerprint density at radius 1 is 1.24 bits per heavy atom. The van der Waals surface area contributed by atoms with Gasteiger partial charge in [0.05, 0.1) is 6.61 Å². The molecule has 0 heterocycles. The van der Waals surface area contributed by atoms with Crippen molar-refractivity contribution in [3.8, 4) is 5.75 Å². The maximum Gasteiger partial charge on any atom is 0.119 e. The van der Waals surface area contributed by atoms with Crippen molar-refractivity contribution in [2.45, 2.75) is 51.9 Å². The van der Waals surface area contributed by atoms with Crippen molar-refractivity contribution in [3.05, 3.63) is 28.3 Å². The Bertz CT molecular complexity index is 433. The van der Waals surface area contributed by atoms with E-state index in [0.29, 0.717) is 5.75 Å². The van der Waals surface area contributed by atoms with Crippen LogP contribution >= 0.6 is 0 Å². The highest BCUT2D eigenvalue weighted by Gasteiger charge is 2.28. The first-order chi connectivity index (χ1) is 7.97. The number of aromatic hydroxyl groups is 1. The molecule has 0 atom stereocenters. The summed E-state index contributed by atoms with van der Waals surface area (Å²) < 4.78 is 0. The minimum Gasteiger partial charge on any atom is -0.508 e. The van der Waals surface area contributed by atoms with E-state index in [1.165, 1.54) is 29.5 Å². The smallest absolute Gasteiger partial charge is 0.119 e. The summed E-state index contributed by atoms with van der Waals surface area (Å²) >= 11 is 0. The second kappa shape index (κ2) is 4.34. The summed E-state index contributed by atoms with van der Waals surface area (Å²) in [4.78, 5) is 0. The summed E-state index contributed by atoms with van der Waals surface area (Å²) in [7, 11) is 0. The Balaban J connectivity index is 2.61. The molecule has 0 saturated carbocycles. The molecule has 2 heteroatoms. The molecule has 0 bridgehead atoms. The number of phenolic OH excluding ortho intramolecular Hbond substituents is 1. The molecule has 0 aromatic heterocycles. The van der Waals surface area contributed by atoms with E-state index >= 15 is 0 Å². The molecule has 94 valence electrons. The van der Waals surface area contributed by atoms with Gasteiger partial charge in [0, 0.05) is 11.0 Å². The summed E-state index contributed by atoms with van der Waals surface area (Å²) in [5.41, 5.74) is 4.41. The molecule has 0 unspecified atom stereocenters. The molecule has 1 aliphatic carbocycles. The molecule has 0 radical (unpaired) electrons. The second-order valence-electron chi connectivity index (χ2n) is 5.78. The normalized spacial score (nSPS) is 15.8. The second-order valence-corrected chi connectivity index (χ2v) is 5.78. The molecule has 2 nitrogen and oxygen atoms in total. The van der Waals surface area contributed by atoms with Gasteiger partial charge in [-0.05, 0) is 55.4 Å². The summed E-state index contributed by atoms with van der Waals surface area (Å²) in [6, 6.07) is 1.91. The van der Waals surface area contributed by atoms with Crippen molar-refractivity contribution < 1.29 is 10.2 Å². The van der Waals surface area contributed by atoms with Crippen LogP contribution in [0.4, 0.5) is 0 Å². The summed E-state index contributed by atoms with van der Waals surface area (Å²) in [6.45, 7) is 6.09. The summed E-state index contributed by atoms with van der Waals surface area (Å²) in [6.07, 6.45) is 4.63. The lowest BCUT2D eigenvalue weighted by molar-refractivity contribution is 0.214. The topological polar surface area (TPSA) is 40.5 Å². The van der Waals surface area contributed by atoms with Gasteiger partial charge in [0.1, 0.15) is 5.75 Å². The Labute approximate surface area is 103 Å². The van der Waals surface area contributed by atoms with Gasteiger partial charge in [-0.15, -0.1) is 0 Å². The molecule has 0 amide bonds. The van der Waals surface area contributed by atoms with Gasteiger partial charge in [0.15, 0.2) is 0 Å². The van der Waals surface area contributed by atoms with E-state index in [4.69, 9.17) is 0 Å². The highest BCUT2D eigenvalue weighted by molar-refractivity contribution is 5.52. The van der Waals surface area contributed by atoms with Gasteiger partial charge < -0.3 is 10.2 Å². The fourth-order valence-electron chi connectivity index (χ4n) is 3.03. The van der Waals surface area contributed by atoms with Crippen molar-refractivity contribution in [2.75, 3.05) is 6.61 Å². The van der Waals surface area contributed by atoms with Crippen molar-refractivity contribution in [2.24, 2.45) is 0 Å². The van der Waals surface area contributed by atoms with Crippen LogP contribution in [0.1, 0.15) is 48.9 Å². The highest BCUT2D eigenvalue weighted by Crippen LogP contribution is 2.39. The Kier molecular flexibility index (Phi) is 3.17. The average molecular weight is 234 g/mol. The maximum absolute atomic E-state index is 10.2. The molecule has 17 heavy (non-hydrogen) atoms. The van der Waals surface area contributed by atoms with E-state index in [1.807, 2.05) is 19.9 Å². The van der Waals surface area contributed by atoms with E-state index in [9.17, 15) is 10.2 Å². The lowest BCUT2D eigenvalue weighted by atomic mass is 9.77. The number of fused-ring (bicyclic) bond motifs is 1. The van der Waals surface area contributed by atoms with Gasteiger partial charge in [-0.3, -0.25) is 0 Å². The molecule has 1 aromatic rings. The Morgan fingerprint density at radius 3 is 2.53 bits per heavy atom. The number of aliphatic hydroxyl groups excluding tert-OH is 1. The zero-order valence-electron chi connectivity index (χ0n) is 11.0. The molecule has 0 fully saturated rings. The van der Waals surface area contributed by atoms with E-state index in [-0.39, 0.29) is 12.0 Å². The molecular formula is C15H22O2. The molecule has 0 aliphatic heterocycles. The van der Waals surface area contributed by atoms with Crippen LogP contribution in [0.25, 0.3) is 0 Å². The molecule has 1 aromatic carbocycles. The number of benzene rings is 1. The number of hydrogen-bond acceptors (Lipinski definition) is 2. The minimum absolute atomic E-state index is 0.0557. The van der Waals surface area contributed by atoms with Crippen LogP contribution in [0.15, 0.2) is 6.07 Å². The van der Waals surface area contributed by atoms with E-state index < -0.39 is 0 Å². The molecule has 0 saturated heterocycles. The largest absolute Gasteiger partial charge is 0.508 e. The third-order valence-electron chi connectivity index (χ3n) is 3.98. The first kappa shape index (κ1) is 12.4. The maximum atomic E-state index is 10.2. The molecular weight excluding hydrogens is 212 g/mol. The molecule has 0 spiro atoms. The summed E-state index contributed by atoms with van der Waals surface area (Å²) in [5.74, 6) is 0.349. The third kappa shape index (κ3) is 2.06. The molecule has 1 aliphatic rings. The van der Waals surface area contributed by atoms with Crippen LogP contribution in [0.2, 0.25) is 0 Å². The fraction of sp³-hybridized carbons (Fsp3) is 0.600. The zero-order chi connectivity index (χ0) is 12.6. The number of aryl methyl sites for hydroxylation is 1. The standard InChI is InChI=1S/C15H22O2/c1-10-12-7-5-4-6-11(12)8-13(17)14(10)15(2,3)9-16/h8,16-17H,4-7,9H2,1-3H3. The van der Waals surface area contributed by atoms with Gasteiger partial charge >= 0.3 is 0 Å². The Morgan fingerprint density at radius 2 is 1.88 bits per heavy atom. The van der Waals surface area contributed by atoms with Gasteiger partial charge in [-0.2, -0.15) is 0 Å². The monoisotopic (exact) mass is 234 g/mol. The van der Waals surface area contributed by atoms with Crippen LogP contribution in [0, 0.1) is 6.92 Å². The van der Waals surface area contributed by atoms with Crippen LogP contribution in [-0.2, 0) is 18.3 Å². The van der Waals surface area contributed by atoms with Crippen LogP contribution < -0.4 is 0 Å². The van der Waals surface area contributed by atoms with Crippen LogP contribution in [0.3, 0.4) is 0 Å². The quantitative estimate of drug-likeness (QED) is 0.826. The van der Waals surface area contributed by atoms with Crippen molar-refractivity contribution in [1.29, 1.82) is 0 Å². The van der Waals surface area contributed by atoms with Crippen LogP contribution in [-0.4, -0.2) is 16.8 Å². The van der Waals surface area contributed by atoms with Crippen molar-refractivity contribution in [1.82, 2.24) is 0 Å². The van der Waals surface area contributed by atoms with E-state index in [1.54, 1.807) is 0 Å². The molecule has 2 rings (SSSR count). The van der Waals surface area contributed by atoms with E-state index in [0.717, 1.165) is 18.4 Å². The van der Waals surface area contributed by atoms with Crippen molar-refractivity contribution in [3.63, 3.8) is 0 Å². The predicted octanol–water partition coefficient (Wildman–Crippen LogP) is 2.85. The van der Waals surface area contributed by atoms with Gasteiger partial charge in [-0.1, -0.05) is 13.8 Å². The third-order valence-corrected chi connectivity index (χ3v) is 3.98. The lowest BCUT2D eigenvalue weighted by Crippen LogP contribution is -2.25. The predicted molar refractivity (Wildman–Crippen MR) is 69.6 cm³/mol. The fourth-order valence-corrected chi connectivity index (χ4v) is 3.03. The first-order valence-corrected chi connectivity index (χ1v) is 6.43. The number of aliphatic hydroxyl groups is 1. The summed E-state index contributed by atoms with van der Waals surface area (Å²) in [5, 5.41) is 19.7. The van der Waals surface area contributed by atoms with Crippen LogP contribution in [0.5, 0.6) is 5.75 Å². The number of rotatable bonds is 2. The minimum atomic E-state index is -0.374. The van der Waals surface area contributed by atoms with Gasteiger partial charge in [0.25, 0.3) is 0 Å². The lowest BCUT2D eigenvalue weighted by Gasteiger charge is -2.29.